The average molecular weight is 287 g/mol. The lowest BCUT2D eigenvalue weighted by Gasteiger charge is -2.18. The molecule has 0 amide bonds. The van der Waals surface area contributed by atoms with Crippen molar-refractivity contribution in [2.45, 2.75) is 39.2 Å². The van der Waals surface area contributed by atoms with Crippen LogP contribution in [-0.2, 0) is 17.6 Å². The largest absolute Gasteiger partial charge is 0.546 e. The molecule has 3 rings (SSSR count). The van der Waals surface area contributed by atoms with Gasteiger partial charge in [0.25, 0.3) is 0 Å². The second kappa shape index (κ2) is 4.91. The van der Waals surface area contributed by atoms with Gasteiger partial charge < -0.3 is 19.1 Å². The van der Waals surface area contributed by atoms with Crippen LogP contribution < -0.4 is 15.5 Å². The quantitative estimate of drug-likeness (QED) is 0.790. The van der Waals surface area contributed by atoms with Crippen LogP contribution in [-0.4, -0.2) is 12.1 Å². The number of rotatable bonds is 3. The number of benzene rings is 1. The van der Waals surface area contributed by atoms with Crippen molar-refractivity contribution in [1.82, 2.24) is 0 Å². The van der Waals surface area contributed by atoms with Crippen LogP contribution in [0.5, 0.6) is 5.75 Å². The van der Waals surface area contributed by atoms with Gasteiger partial charge in [0.1, 0.15) is 17.4 Å². The summed E-state index contributed by atoms with van der Waals surface area (Å²) in [5.41, 5.74) is 2.57. The van der Waals surface area contributed by atoms with Gasteiger partial charge in [0.05, 0.1) is 11.4 Å². The molecule has 1 aromatic carbocycles. The molecule has 0 aliphatic heterocycles. The second-order valence-electron chi connectivity index (χ2n) is 5.42. The van der Waals surface area contributed by atoms with E-state index in [0.717, 1.165) is 24.0 Å². The maximum absolute atomic E-state index is 12.0. The first kappa shape index (κ1) is 13.7. The monoisotopic (exact) mass is 287 g/mol. The summed E-state index contributed by atoms with van der Waals surface area (Å²) in [5.74, 6) is -0.845. The van der Waals surface area contributed by atoms with Crippen molar-refractivity contribution in [3.63, 3.8) is 0 Å². The van der Waals surface area contributed by atoms with Gasteiger partial charge in [0.2, 0.25) is 0 Å². The fourth-order valence-corrected chi connectivity index (χ4v) is 2.84. The number of ether oxygens (including phenoxy) is 1. The fourth-order valence-electron chi connectivity index (χ4n) is 2.84. The van der Waals surface area contributed by atoms with Crippen LogP contribution in [0.4, 0.5) is 0 Å². The first-order valence-electron chi connectivity index (χ1n) is 6.94. The number of carbonyl (C=O) groups is 1. The molecule has 0 radical (unpaired) electrons. The summed E-state index contributed by atoms with van der Waals surface area (Å²) in [6, 6.07) is 3.53. The first-order chi connectivity index (χ1) is 9.97. The Balaban J connectivity index is 2.26. The third-order valence-electron chi connectivity index (χ3n) is 3.81. The average Bonchev–Trinajstić information content (AvgIpc) is 2.87. The second-order valence-corrected chi connectivity index (χ2v) is 5.42. The summed E-state index contributed by atoms with van der Waals surface area (Å²) < 4.78 is 10.9. The zero-order valence-corrected chi connectivity index (χ0v) is 11.9. The van der Waals surface area contributed by atoms with Crippen molar-refractivity contribution in [3.05, 3.63) is 39.2 Å². The van der Waals surface area contributed by atoms with Crippen LogP contribution in [0, 0.1) is 6.92 Å². The molecule has 0 saturated carbocycles. The van der Waals surface area contributed by atoms with Gasteiger partial charge in [-0.05, 0) is 56.4 Å². The summed E-state index contributed by atoms with van der Waals surface area (Å²) in [6.45, 7) is 3.26. The molecule has 110 valence electrons. The van der Waals surface area contributed by atoms with E-state index in [1.54, 1.807) is 12.1 Å². The van der Waals surface area contributed by atoms with E-state index in [0.29, 0.717) is 28.7 Å². The Morgan fingerprint density at radius 1 is 1.33 bits per heavy atom. The minimum Gasteiger partial charge on any atom is -0.546 e. The Bertz CT molecular complexity index is 787. The number of hydrogen-bond acceptors (Lipinski definition) is 5. The number of aryl methyl sites for hydroxylation is 2. The van der Waals surface area contributed by atoms with Gasteiger partial charge in [-0.3, -0.25) is 0 Å². The maximum Gasteiger partial charge on any atom is 0.339 e. The van der Waals surface area contributed by atoms with Crippen molar-refractivity contribution < 1.29 is 19.1 Å². The fraction of sp³-hybridized carbons (Fsp3) is 0.375. The van der Waals surface area contributed by atoms with E-state index >= 15 is 0 Å². The molecular weight excluding hydrogens is 272 g/mol. The number of carboxylic acid groups (broad SMARTS) is 1. The normalized spacial score (nSPS) is 15.0. The first-order valence-corrected chi connectivity index (χ1v) is 6.94. The molecule has 2 aromatic rings. The zero-order valence-electron chi connectivity index (χ0n) is 11.9. The Kier molecular flexibility index (Phi) is 3.20. The summed E-state index contributed by atoms with van der Waals surface area (Å²) in [7, 11) is 0. The van der Waals surface area contributed by atoms with Crippen molar-refractivity contribution in [1.29, 1.82) is 0 Å². The highest BCUT2D eigenvalue weighted by Gasteiger charge is 2.23. The predicted molar refractivity (Wildman–Crippen MR) is 74.3 cm³/mol. The molecule has 0 spiro atoms. The standard InChI is InChI=1S/C16H16O5/c1-8-6-12(20-9(2)15(17)18)14-10-4-3-5-11(10)16(19)21-13(14)7-8/h6-7,9H,3-5H2,1-2H3,(H,17,18)/p-1/t9-/m0/s1. The number of fused-ring (bicyclic) bond motifs is 3. The lowest BCUT2D eigenvalue weighted by atomic mass is 10.0. The Labute approximate surface area is 121 Å². The van der Waals surface area contributed by atoms with Crippen LogP contribution in [0.15, 0.2) is 21.3 Å². The molecule has 1 aliphatic rings. The van der Waals surface area contributed by atoms with Gasteiger partial charge >= 0.3 is 5.63 Å². The zero-order chi connectivity index (χ0) is 15.1. The lowest BCUT2D eigenvalue weighted by Crippen LogP contribution is -2.37. The van der Waals surface area contributed by atoms with Gasteiger partial charge in [0.15, 0.2) is 0 Å². The highest BCUT2D eigenvalue weighted by atomic mass is 16.5. The van der Waals surface area contributed by atoms with Crippen molar-refractivity contribution in [3.8, 4) is 5.75 Å². The maximum atomic E-state index is 12.0. The van der Waals surface area contributed by atoms with Crippen LogP contribution in [0.2, 0.25) is 0 Å². The molecule has 1 atom stereocenters. The Morgan fingerprint density at radius 3 is 2.76 bits per heavy atom. The highest BCUT2D eigenvalue weighted by molar-refractivity contribution is 5.89. The van der Waals surface area contributed by atoms with Gasteiger partial charge in [-0.1, -0.05) is 0 Å². The predicted octanol–water partition coefficient (Wildman–Crippen LogP) is 1.11. The Hall–Kier alpha value is -2.30. The molecule has 0 unspecified atom stereocenters. The molecule has 0 fully saturated rings. The molecule has 1 aliphatic carbocycles. The number of aliphatic carboxylic acids is 1. The number of carboxylic acids is 1. The molecule has 21 heavy (non-hydrogen) atoms. The van der Waals surface area contributed by atoms with Crippen molar-refractivity contribution >= 4 is 16.9 Å². The van der Waals surface area contributed by atoms with Gasteiger partial charge in [0, 0.05) is 5.56 Å². The van der Waals surface area contributed by atoms with Crippen LogP contribution in [0.1, 0.15) is 30.0 Å². The van der Waals surface area contributed by atoms with E-state index in [2.05, 4.69) is 0 Å². The molecule has 5 heteroatoms. The van der Waals surface area contributed by atoms with Crippen molar-refractivity contribution in [2.75, 3.05) is 0 Å². The minimum atomic E-state index is -1.28. The van der Waals surface area contributed by atoms with Crippen molar-refractivity contribution in [2.24, 2.45) is 0 Å². The van der Waals surface area contributed by atoms with Crippen LogP contribution in [0.3, 0.4) is 0 Å². The molecule has 5 nitrogen and oxygen atoms in total. The smallest absolute Gasteiger partial charge is 0.339 e. The van der Waals surface area contributed by atoms with Gasteiger partial charge in [-0.2, -0.15) is 0 Å². The molecule has 1 aromatic heterocycles. The molecule has 1 heterocycles. The van der Waals surface area contributed by atoms with E-state index in [9.17, 15) is 14.7 Å². The number of hydrogen-bond donors (Lipinski definition) is 0. The third-order valence-corrected chi connectivity index (χ3v) is 3.81. The molecule has 0 N–H and O–H groups in total. The highest BCUT2D eigenvalue weighted by Crippen LogP contribution is 2.35. The topological polar surface area (TPSA) is 79.6 Å². The van der Waals surface area contributed by atoms with Crippen LogP contribution >= 0.6 is 0 Å². The molecular formula is C16H15O5-. The lowest BCUT2D eigenvalue weighted by molar-refractivity contribution is -0.312. The van der Waals surface area contributed by atoms with Gasteiger partial charge in [-0.15, -0.1) is 0 Å². The van der Waals surface area contributed by atoms with E-state index in [-0.39, 0.29) is 5.63 Å². The van der Waals surface area contributed by atoms with E-state index in [1.165, 1.54) is 6.92 Å². The van der Waals surface area contributed by atoms with E-state index in [1.807, 2.05) is 6.92 Å². The number of carbonyl (C=O) groups excluding carboxylic acids is 1. The van der Waals surface area contributed by atoms with E-state index < -0.39 is 12.1 Å². The van der Waals surface area contributed by atoms with Gasteiger partial charge in [-0.25, -0.2) is 4.79 Å². The Morgan fingerprint density at radius 2 is 2.05 bits per heavy atom. The molecule has 0 bridgehead atoms. The van der Waals surface area contributed by atoms with E-state index in [4.69, 9.17) is 9.15 Å². The van der Waals surface area contributed by atoms with Crippen LogP contribution in [0.25, 0.3) is 11.0 Å². The minimum absolute atomic E-state index is 0.306. The summed E-state index contributed by atoms with van der Waals surface area (Å²) in [4.78, 5) is 22.9. The summed E-state index contributed by atoms with van der Waals surface area (Å²) >= 11 is 0. The summed E-state index contributed by atoms with van der Waals surface area (Å²) in [5, 5.41) is 11.6. The SMILES string of the molecule is Cc1cc(O[C@@H](C)C(=O)[O-])c2c3c(c(=O)oc2c1)CCC3. The third kappa shape index (κ3) is 2.28. The molecule has 0 saturated heterocycles. The summed E-state index contributed by atoms with van der Waals surface area (Å²) in [6.07, 6.45) is 1.29.